The molecule has 1 atom stereocenters. The van der Waals surface area contributed by atoms with E-state index in [1.165, 1.54) is 0 Å². The van der Waals surface area contributed by atoms with Crippen molar-refractivity contribution in [2.75, 3.05) is 31.6 Å². The van der Waals surface area contributed by atoms with Crippen molar-refractivity contribution in [1.29, 1.82) is 0 Å². The summed E-state index contributed by atoms with van der Waals surface area (Å²) in [6, 6.07) is 7.20. The van der Waals surface area contributed by atoms with Gasteiger partial charge in [0.2, 0.25) is 5.91 Å². The molecule has 1 N–H and O–H groups in total. The Kier molecular flexibility index (Phi) is 3.56. The summed E-state index contributed by atoms with van der Waals surface area (Å²) in [5.41, 5.74) is 0.646. The Morgan fingerprint density at radius 1 is 1.30 bits per heavy atom. The van der Waals surface area contributed by atoms with Crippen LogP contribution in [-0.4, -0.2) is 49.1 Å². The van der Waals surface area contributed by atoms with Crippen molar-refractivity contribution in [3.05, 3.63) is 24.3 Å². The van der Waals surface area contributed by atoms with Gasteiger partial charge in [0.15, 0.2) is 6.10 Å². The summed E-state index contributed by atoms with van der Waals surface area (Å²) >= 11 is 0. The van der Waals surface area contributed by atoms with Crippen LogP contribution in [-0.2, 0) is 14.3 Å². The van der Waals surface area contributed by atoms with Crippen LogP contribution in [0.5, 0.6) is 5.75 Å². The zero-order valence-electron chi connectivity index (χ0n) is 11.0. The smallest absolute Gasteiger partial charge is 0.266 e. The predicted molar refractivity (Wildman–Crippen MR) is 71.5 cm³/mol. The first kappa shape index (κ1) is 12.9. The first-order valence-electron chi connectivity index (χ1n) is 6.66. The summed E-state index contributed by atoms with van der Waals surface area (Å²) in [6.45, 7) is 2.24. The lowest BCUT2D eigenvalue weighted by Gasteiger charge is -2.30. The maximum Gasteiger partial charge on any atom is 0.266 e. The van der Waals surface area contributed by atoms with Crippen LogP contribution in [0.25, 0.3) is 0 Å². The number of amides is 2. The molecular weight excluding hydrogens is 260 g/mol. The number of fused-ring (bicyclic) bond motifs is 1. The highest BCUT2D eigenvalue weighted by Crippen LogP contribution is 2.29. The minimum absolute atomic E-state index is 0.0557. The molecule has 0 radical (unpaired) electrons. The van der Waals surface area contributed by atoms with E-state index in [1.54, 1.807) is 17.0 Å². The van der Waals surface area contributed by atoms with Gasteiger partial charge in [0.25, 0.3) is 5.91 Å². The summed E-state index contributed by atoms with van der Waals surface area (Å²) in [6.07, 6.45) is -0.708. The molecule has 0 saturated carbocycles. The van der Waals surface area contributed by atoms with E-state index in [9.17, 15) is 9.59 Å². The van der Waals surface area contributed by atoms with E-state index in [0.717, 1.165) is 0 Å². The van der Waals surface area contributed by atoms with E-state index in [1.807, 2.05) is 12.1 Å². The second-order valence-electron chi connectivity index (χ2n) is 4.79. The van der Waals surface area contributed by atoms with Crippen molar-refractivity contribution in [3.63, 3.8) is 0 Å². The molecule has 1 aromatic carbocycles. The molecule has 6 heteroatoms. The molecule has 0 aliphatic carbocycles. The Hall–Kier alpha value is -2.08. The number of carbonyl (C=O) groups is 2. The Morgan fingerprint density at radius 3 is 2.85 bits per heavy atom. The fourth-order valence-electron chi connectivity index (χ4n) is 2.33. The van der Waals surface area contributed by atoms with Crippen LogP contribution in [0.1, 0.15) is 6.42 Å². The van der Waals surface area contributed by atoms with Gasteiger partial charge in [0.05, 0.1) is 25.3 Å². The number of hydrogen-bond donors (Lipinski definition) is 1. The molecule has 2 amide bonds. The van der Waals surface area contributed by atoms with E-state index in [-0.39, 0.29) is 18.2 Å². The topological polar surface area (TPSA) is 67.9 Å². The lowest BCUT2D eigenvalue weighted by molar-refractivity contribution is -0.140. The SMILES string of the molecule is O=C1Nc2ccccc2O[C@H]1CC(=O)N1CCOCC1. The first-order chi connectivity index (χ1) is 9.74. The van der Waals surface area contributed by atoms with Crippen LogP contribution < -0.4 is 10.1 Å². The molecule has 1 aromatic rings. The van der Waals surface area contributed by atoms with Crippen molar-refractivity contribution < 1.29 is 19.1 Å². The third kappa shape index (κ3) is 2.60. The second-order valence-corrected chi connectivity index (χ2v) is 4.79. The molecule has 2 heterocycles. The van der Waals surface area contributed by atoms with Gasteiger partial charge in [-0.2, -0.15) is 0 Å². The van der Waals surface area contributed by atoms with E-state index in [2.05, 4.69) is 5.32 Å². The zero-order chi connectivity index (χ0) is 13.9. The number of para-hydroxylation sites is 2. The maximum absolute atomic E-state index is 12.1. The van der Waals surface area contributed by atoms with Gasteiger partial charge < -0.3 is 19.7 Å². The minimum Gasteiger partial charge on any atom is -0.478 e. The first-order valence-corrected chi connectivity index (χ1v) is 6.66. The van der Waals surface area contributed by atoms with Crippen molar-refractivity contribution >= 4 is 17.5 Å². The number of nitrogens with one attached hydrogen (secondary N) is 1. The van der Waals surface area contributed by atoms with Gasteiger partial charge in [-0.05, 0) is 12.1 Å². The Bertz CT molecular complexity index is 526. The van der Waals surface area contributed by atoms with Gasteiger partial charge in [-0.1, -0.05) is 12.1 Å². The molecule has 3 rings (SSSR count). The molecule has 0 bridgehead atoms. The summed E-state index contributed by atoms with van der Waals surface area (Å²) in [5.74, 6) is 0.255. The molecule has 1 saturated heterocycles. The fraction of sp³-hybridized carbons (Fsp3) is 0.429. The van der Waals surface area contributed by atoms with Crippen molar-refractivity contribution in [2.45, 2.75) is 12.5 Å². The molecule has 2 aliphatic rings. The normalized spacial score (nSPS) is 21.7. The van der Waals surface area contributed by atoms with Gasteiger partial charge >= 0.3 is 0 Å². The van der Waals surface area contributed by atoms with Crippen LogP contribution in [0, 0.1) is 0 Å². The second kappa shape index (κ2) is 5.50. The highest BCUT2D eigenvalue weighted by Gasteiger charge is 2.31. The number of nitrogens with zero attached hydrogens (tertiary/aromatic N) is 1. The summed E-state index contributed by atoms with van der Waals surface area (Å²) < 4.78 is 10.8. The third-order valence-electron chi connectivity index (χ3n) is 3.43. The monoisotopic (exact) mass is 276 g/mol. The minimum atomic E-state index is -0.764. The van der Waals surface area contributed by atoms with Gasteiger partial charge in [0.1, 0.15) is 5.75 Å². The molecule has 1 fully saturated rings. The zero-order valence-corrected chi connectivity index (χ0v) is 11.0. The van der Waals surface area contributed by atoms with E-state index in [0.29, 0.717) is 37.7 Å². The molecule has 2 aliphatic heterocycles. The lowest BCUT2D eigenvalue weighted by atomic mass is 10.1. The van der Waals surface area contributed by atoms with Crippen LogP contribution in [0.15, 0.2) is 24.3 Å². The number of ether oxygens (including phenoxy) is 2. The van der Waals surface area contributed by atoms with Crippen LogP contribution in [0.4, 0.5) is 5.69 Å². The number of benzene rings is 1. The molecule has 106 valence electrons. The molecule has 0 aromatic heterocycles. The van der Waals surface area contributed by atoms with Crippen LogP contribution >= 0.6 is 0 Å². The number of rotatable bonds is 2. The Labute approximate surface area is 116 Å². The average Bonchev–Trinajstić information content (AvgIpc) is 2.49. The van der Waals surface area contributed by atoms with Crippen molar-refractivity contribution in [2.24, 2.45) is 0 Å². The summed E-state index contributed by atoms with van der Waals surface area (Å²) in [7, 11) is 0. The molecule has 20 heavy (non-hydrogen) atoms. The largest absolute Gasteiger partial charge is 0.478 e. The lowest BCUT2D eigenvalue weighted by Crippen LogP contribution is -2.45. The number of hydrogen-bond acceptors (Lipinski definition) is 4. The van der Waals surface area contributed by atoms with Crippen LogP contribution in [0.2, 0.25) is 0 Å². The maximum atomic E-state index is 12.1. The number of carbonyl (C=O) groups excluding carboxylic acids is 2. The van der Waals surface area contributed by atoms with Gasteiger partial charge in [-0.25, -0.2) is 0 Å². The van der Waals surface area contributed by atoms with E-state index >= 15 is 0 Å². The summed E-state index contributed by atoms with van der Waals surface area (Å²) in [5, 5.41) is 2.76. The van der Waals surface area contributed by atoms with E-state index < -0.39 is 6.10 Å². The van der Waals surface area contributed by atoms with Gasteiger partial charge in [0, 0.05) is 13.1 Å². The molecule has 0 spiro atoms. The molecule has 6 nitrogen and oxygen atoms in total. The predicted octanol–water partition coefficient (Wildman–Crippen LogP) is 0.635. The summed E-state index contributed by atoms with van der Waals surface area (Å²) in [4.78, 5) is 25.8. The Morgan fingerprint density at radius 2 is 2.05 bits per heavy atom. The highest BCUT2D eigenvalue weighted by molar-refractivity contribution is 5.99. The third-order valence-corrected chi connectivity index (χ3v) is 3.43. The molecular formula is C14H16N2O4. The quantitative estimate of drug-likeness (QED) is 0.860. The van der Waals surface area contributed by atoms with Crippen LogP contribution in [0.3, 0.4) is 0 Å². The Balaban J connectivity index is 1.66. The van der Waals surface area contributed by atoms with E-state index in [4.69, 9.17) is 9.47 Å². The highest BCUT2D eigenvalue weighted by atomic mass is 16.5. The van der Waals surface area contributed by atoms with Crippen molar-refractivity contribution in [1.82, 2.24) is 4.90 Å². The molecule has 0 unspecified atom stereocenters. The standard InChI is InChI=1S/C14H16N2O4/c17-13(16-5-7-19-8-6-16)9-12-14(18)15-10-3-1-2-4-11(10)20-12/h1-4,12H,5-9H2,(H,15,18)/t12-/m0/s1. The number of anilines is 1. The van der Waals surface area contributed by atoms with Gasteiger partial charge in [-0.15, -0.1) is 0 Å². The fourth-order valence-corrected chi connectivity index (χ4v) is 2.33. The van der Waals surface area contributed by atoms with Gasteiger partial charge in [-0.3, -0.25) is 9.59 Å². The average molecular weight is 276 g/mol. The van der Waals surface area contributed by atoms with Crippen molar-refractivity contribution in [3.8, 4) is 5.75 Å². The number of morpholine rings is 1.